The molecule has 6 nitrogen and oxygen atoms in total. The topological polar surface area (TPSA) is 81.9 Å². The molecule has 1 heterocycles. The zero-order valence-electron chi connectivity index (χ0n) is 12.6. The quantitative estimate of drug-likeness (QED) is 0.891. The van der Waals surface area contributed by atoms with E-state index in [0.29, 0.717) is 19.4 Å². The van der Waals surface area contributed by atoms with Crippen LogP contribution < -0.4 is 15.2 Å². The van der Waals surface area contributed by atoms with Crippen LogP contribution in [0.1, 0.15) is 23.2 Å². The molecular formula is C15H18F2N2O4. The second-order valence-electron chi connectivity index (χ2n) is 5.24. The molecule has 2 amide bonds. The summed E-state index contributed by atoms with van der Waals surface area (Å²) in [6, 6.07) is 3.98. The van der Waals surface area contributed by atoms with E-state index in [2.05, 4.69) is 4.74 Å². The van der Waals surface area contributed by atoms with Crippen LogP contribution in [-0.2, 0) is 4.79 Å². The fraction of sp³-hybridized carbons (Fsp3) is 0.467. The Bertz CT molecular complexity index is 595. The number of alkyl halides is 2. The van der Waals surface area contributed by atoms with Gasteiger partial charge in [0.2, 0.25) is 5.91 Å². The number of carbonyl (C=O) groups is 2. The molecule has 1 aliphatic rings. The first kappa shape index (κ1) is 17.0. The Morgan fingerprint density at radius 2 is 2.09 bits per heavy atom. The van der Waals surface area contributed by atoms with Gasteiger partial charge >= 0.3 is 6.61 Å². The van der Waals surface area contributed by atoms with E-state index in [4.69, 9.17) is 10.5 Å². The molecule has 1 unspecified atom stereocenters. The minimum atomic E-state index is -2.98. The molecule has 0 aromatic heterocycles. The first-order chi connectivity index (χ1) is 10.9. The van der Waals surface area contributed by atoms with Gasteiger partial charge in [0.25, 0.3) is 5.91 Å². The molecule has 0 bridgehead atoms. The standard InChI is InChI=1S/C15H18F2N2O4/c1-22-12-7-9(4-5-11(12)23-15(16)17)14(21)19-6-2-3-10(8-19)13(18)20/h4-5,7,10,15H,2-3,6,8H2,1H3,(H2,18,20). The molecule has 23 heavy (non-hydrogen) atoms. The number of nitrogens with two attached hydrogens (primary N) is 1. The third-order valence-corrected chi connectivity index (χ3v) is 3.74. The Hall–Kier alpha value is -2.38. The highest BCUT2D eigenvalue weighted by Gasteiger charge is 2.28. The number of piperidine rings is 1. The van der Waals surface area contributed by atoms with Gasteiger partial charge in [-0.05, 0) is 31.0 Å². The highest BCUT2D eigenvalue weighted by molar-refractivity contribution is 5.95. The number of likely N-dealkylation sites (tertiary alicyclic amines) is 1. The van der Waals surface area contributed by atoms with E-state index < -0.39 is 12.5 Å². The number of amides is 2. The van der Waals surface area contributed by atoms with Gasteiger partial charge in [-0.3, -0.25) is 9.59 Å². The van der Waals surface area contributed by atoms with Gasteiger partial charge in [0.15, 0.2) is 11.5 Å². The van der Waals surface area contributed by atoms with Crippen molar-refractivity contribution in [3.63, 3.8) is 0 Å². The normalized spacial score (nSPS) is 17.9. The van der Waals surface area contributed by atoms with Crippen molar-refractivity contribution in [3.05, 3.63) is 23.8 Å². The lowest BCUT2D eigenvalue weighted by atomic mass is 9.97. The van der Waals surface area contributed by atoms with Gasteiger partial charge in [0, 0.05) is 18.7 Å². The predicted molar refractivity (Wildman–Crippen MR) is 77.4 cm³/mol. The van der Waals surface area contributed by atoms with Crippen LogP contribution in [0, 0.1) is 5.92 Å². The van der Waals surface area contributed by atoms with Crippen LogP contribution in [0.5, 0.6) is 11.5 Å². The molecule has 2 rings (SSSR count). The maximum absolute atomic E-state index is 12.5. The van der Waals surface area contributed by atoms with Crippen molar-refractivity contribution in [2.45, 2.75) is 19.5 Å². The van der Waals surface area contributed by atoms with Gasteiger partial charge in [-0.25, -0.2) is 0 Å². The summed E-state index contributed by atoms with van der Waals surface area (Å²) in [5.41, 5.74) is 5.57. The lowest BCUT2D eigenvalue weighted by molar-refractivity contribution is -0.123. The summed E-state index contributed by atoms with van der Waals surface area (Å²) in [6.45, 7) is -2.21. The van der Waals surface area contributed by atoms with E-state index in [0.717, 1.165) is 0 Å². The van der Waals surface area contributed by atoms with Crippen molar-refractivity contribution in [3.8, 4) is 11.5 Å². The second kappa shape index (κ2) is 7.26. The third kappa shape index (κ3) is 4.08. The van der Waals surface area contributed by atoms with E-state index in [9.17, 15) is 18.4 Å². The molecule has 1 aromatic carbocycles. The molecule has 1 fully saturated rings. The van der Waals surface area contributed by atoms with Crippen molar-refractivity contribution >= 4 is 11.8 Å². The molecule has 1 saturated heterocycles. The molecule has 1 atom stereocenters. The number of ether oxygens (including phenoxy) is 2. The largest absolute Gasteiger partial charge is 0.493 e. The fourth-order valence-corrected chi connectivity index (χ4v) is 2.57. The van der Waals surface area contributed by atoms with E-state index in [1.165, 1.54) is 30.2 Å². The molecule has 0 spiro atoms. The van der Waals surface area contributed by atoms with Crippen molar-refractivity contribution in [2.24, 2.45) is 11.7 Å². The van der Waals surface area contributed by atoms with E-state index in [1.54, 1.807) is 0 Å². The second-order valence-corrected chi connectivity index (χ2v) is 5.24. The predicted octanol–water partition coefficient (Wildman–Crippen LogP) is 1.63. The first-order valence-corrected chi connectivity index (χ1v) is 7.13. The number of carbonyl (C=O) groups excluding carboxylic acids is 2. The van der Waals surface area contributed by atoms with E-state index >= 15 is 0 Å². The fourth-order valence-electron chi connectivity index (χ4n) is 2.57. The lowest BCUT2D eigenvalue weighted by Gasteiger charge is -2.31. The van der Waals surface area contributed by atoms with Crippen LogP contribution in [-0.4, -0.2) is 43.5 Å². The van der Waals surface area contributed by atoms with Gasteiger partial charge < -0.3 is 20.1 Å². The van der Waals surface area contributed by atoms with Crippen molar-refractivity contribution in [1.29, 1.82) is 0 Å². The molecule has 1 aromatic rings. The van der Waals surface area contributed by atoms with Gasteiger partial charge in [0.1, 0.15) is 0 Å². The van der Waals surface area contributed by atoms with Crippen LogP contribution in [0.25, 0.3) is 0 Å². The zero-order chi connectivity index (χ0) is 17.0. The van der Waals surface area contributed by atoms with Gasteiger partial charge in [-0.2, -0.15) is 8.78 Å². The summed E-state index contributed by atoms with van der Waals surface area (Å²) in [5.74, 6) is -1.21. The van der Waals surface area contributed by atoms with Crippen LogP contribution >= 0.6 is 0 Å². The van der Waals surface area contributed by atoms with Crippen LogP contribution in [0.15, 0.2) is 18.2 Å². The monoisotopic (exact) mass is 328 g/mol. The Kier molecular flexibility index (Phi) is 5.36. The summed E-state index contributed by atoms with van der Waals surface area (Å²) in [7, 11) is 1.30. The van der Waals surface area contributed by atoms with Crippen LogP contribution in [0.4, 0.5) is 8.78 Å². The smallest absolute Gasteiger partial charge is 0.387 e. The van der Waals surface area contributed by atoms with Crippen molar-refractivity contribution < 1.29 is 27.8 Å². The van der Waals surface area contributed by atoms with Gasteiger partial charge in [-0.15, -0.1) is 0 Å². The lowest BCUT2D eigenvalue weighted by Crippen LogP contribution is -2.44. The van der Waals surface area contributed by atoms with E-state index in [-0.39, 0.29) is 35.4 Å². The summed E-state index contributed by atoms with van der Waals surface area (Å²) >= 11 is 0. The Balaban J connectivity index is 2.17. The molecular weight excluding hydrogens is 310 g/mol. The Morgan fingerprint density at radius 3 is 2.70 bits per heavy atom. The minimum Gasteiger partial charge on any atom is -0.493 e. The average molecular weight is 328 g/mol. The molecule has 0 saturated carbocycles. The SMILES string of the molecule is COc1cc(C(=O)N2CCCC(C(N)=O)C2)ccc1OC(F)F. The highest BCUT2D eigenvalue weighted by Crippen LogP contribution is 2.30. The summed E-state index contributed by atoms with van der Waals surface area (Å²) in [6.07, 6.45) is 1.34. The number of rotatable bonds is 5. The maximum Gasteiger partial charge on any atom is 0.387 e. The molecule has 2 N–H and O–H groups in total. The summed E-state index contributed by atoms with van der Waals surface area (Å²) < 4.78 is 33.9. The number of hydrogen-bond donors (Lipinski definition) is 1. The Labute approximate surface area is 132 Å². The number of nitrogens with zero attached hydrogens (tertiary/aromatic N) is 1. The number of benzene rings is 1. The highest BCUT2D eigenvalue weighted by atomic mass is 19.3. The third-order valence-electron chi connectivity index (χ3n) is 3.74. The number of halogens is 2. The van der Waals surface area contributed by atoms with Crippen molar-refractivity contribution in [2.75, 3.05) is 20.2 Å². The van der Waals surface area contributed by atoms with Crippen LogP contribution in [0.3, 0.4) is 0 Å². The minimum absolute atomic E-state index is 0.0413. The molecule has 126 valence electrons. The number of hydrogen-bond acceptors (Lipinski definition) is 4. The molecule has 8 heteroatoms. The maximum atomic E-state index is 12.5. The zero-order valence-corrected chi connectivity index (χ0v) is 12.6. The van der Waals surface area contributed by atoms with E-state index in [1.807, 2.05) is 0 Å². The summed E-state index contributed by atoms with van der Waals surface area (Å²) in [4.78, 5) is 25.3. The number of primary amides is 1. The van der Waals surface area contributed by atoms with Crippen molar-refractivity contribution in [1.82, 2.24) is 4.90 Å². The first-order valence-electron chi connectivity index (χ1n) is 7.13. The summed E-state index contributed by atoms with van der Waals surface area (Å²) in [5, 5.41) is 0. The Morgan fingerprint density at radius 1 is 1.35 bits per heavy atom. The van der Waals surface area contributed by atoms with Gasteiger partial charge in [-0.1, -0.05) is 0 Å². The molecule has 1 aliphatic heterocycles. The van der Waals surface area contributed by atoms with Gasteiger partial charge in [0.05, 0.1) is 13.0 Å². The average Bonchev–Trinajstić information content (AvgIpc) is 2.54. The number of methoxy groups -OCH3 is 1. The molecule has 0 radical (unpaired) electrons. The van der Waals surface area contributed by atoms with Crippen LogP contribution in [0.2, 0.25) is 0 Å². The molecule has 0 aliphatic carbocycles.